The summed E-state index contributed by atoms with van der Waals surface area (Å²) in [5.41, 5.74) is 0.886. The van der Waals surface area contributed by atoms with Gasteiger partial charge in [-0.2, -0.15) is 0 Å². The van der Waals surface area contributed by atoms with Gasteiger partial charge in [-0.05, 0) is 12.1 Å². The van der Waals surface area contributed by atoms with Crippen LogP contribution < -0.4 is 0 Å². The molecule has 0 radical (unpaired) electrons. The van der Waals surface area contributed by atoms with Crippen molar-refractivity contribution in [2.75, 3.05) is 0 Å². The summed E-state index contributed by atoms with van der Waals surface area (Å²) in [6, 6.07) is 4.84. The van der Waals surface area contributed by atoms with E-state index in [-0.39, 0.29) is 5.69 Å². The first-order valence-electron chi connectivity index (χ1n) is 4.23. The number of furan rings is 1. The van der Waals surface area contributed by atoms with Gasteiger partial charge in [0.15, 0.2) is 5.76 Å². The topological polar surface area (TPSA) is 55.4 Å². The Morgan fingerprint density at radius 3 is 2.73 bits per heavy atom. The van der Waals surface area contributed by atoms with E-state index in [9.17, 15) is 4.79 Å². The summed E-state index contributed by atoms with van der Waals surface area (Å²) < 4.78 is 6.72. The molecule has 0 unspecified atom stereocenters. The van der Waals surface area contributed by atoms with Crippen LogP contribution in [0.3, 0.4) is 0 Å². The number of carboxylic acid groups (broad SMARTS) is 1. The third kappa shape index (κ3) is 1.64. The summed E-state index contributed by atoms with van der Waals surface area (Å²) in [6.45, 7) is 0. The van der Waals surface area contributed by atoms with Gasteiger partial charge in [0, 0.05) is 13.1 Å². The molecule has 0 aromatic carbocycles. The van der Waals surface area contributed by atoms with Crippen LogP contribution in [0.2, 0.25) is 5.02 Å². The molecule has 0 aliphatic carbocycles. The Bertz CT molecular complexity index is 512. The predicted octanol–water partition coefficient (Wildman–Crippen LogP) is 2.64. The van der Waals surface area contributed by atoms with Crippen LogP contribution in [0.15, 0.2) is 28.9 Å². The normalized spacial score (nSPS) is 10.5. The quantitative estimate of drug-likeness (QED) is 0.855. The van der Waals surface area contributed by atoms with E-state index in [0.29, 0.717) is 16.5 Å². The van der Waals surface area contributed by atoms with Crippen molar-refractivity contribution in [3.63, 3.8) is 0 Å². The molecule has 0 amide bonds. The van der Waals surface area contributed by atoms with E-state index in [1.807, 2.05) is 0 Å². The Hall–Kier alpha value is -1.68. The number of halogens is 1. The zero-order chi connectivity index (χ0) is 11.0. The molecule has 0 aliphatic heterocycles. The van der Waals surface area contributed by atoms with Crippen molar-refractivity contribution in [3.8, 4) is 11.5 Å². The largest absolute Gasteiger partial charge is 0.477 e. The minimum absolute atomic E-state index is 0.206. The molecule has 4 nitrogen and oxygen atoms in total. The maximum Gasteiger partial charge on any atom is 0.352 e. The Morgan fingerprint density at radius 1 is 1.53 bits per heavy atom. The summed E-state index contributed by atoms with van der Waals surface area (Å²) in [5, 5.41) is 9.34. The van der Waals surface area contributed by atoms with Crippen molar-refractivity contribution < 1.29 is 14.3 Å². The molecule has 0 aliphatic rings. The average Bonchev–Trinajstić information content (AvgIpc) is 2.71. The lowest BCUT2D eigenvalue weighted by atomic mass is 10.3. The summed E-state index contributed by atoms with van der Waals surface area (Å²) in [5.74, 6) is -0.420. The second-order valence-corrected chi connectivity index (χ2v) is 3.53. The molecule has 15 heavy (non-hydrogen) atoms. The van der Waals surface area contributed by atoms with Crippen molar-refractivity contribution in [1.82, 2.24) is 4.57 Å². The van der Waals surface area contributed by atoms with Gasteiger partial charge in [0.1, 0.15) is 12.0 Å². The number of nitrogens with zero attached hydrogens (tertiary/aromatic N) is 1. The first-order chi connectivity index (χ1) is 7.09. The Labute approximate surface area is 90.7 Å². The minimum Gasteiger partial charge on any atom is -0.477 e. The van der Waals surface area contributed by atoms with E-state index in [4.69, 9.17) is 21.1 Å². The molecular formula is C10H8ClNO3. The van der Waals surface area contributed by atoms with Crippen molar-refractivity contribution in [2.24, 2.45) is 7.05 Å². The number of aromatic carboxylic acids is 1. The van der Waals surface area contributed by atoms with E-state index in [0.717, 1.165) is 0 Å². The molecule has 0 saturated carbocycles. The molecule has 0 fully saturated rings. The molecule has 0 spiro atoms. The Kier molecular flexibility index (Phi) is 2.28. The van der Waals surface area contributed by atoms with Gasteiger partial charge in [0.05, 0.1) is 10.7 Å². The summed E-state index contributed by atoms with van der Waals surface area (Å²) in [7, 11) is 1.66. The fourth-order valence-electron chi connectivity index (χ4n) is 1.42. The molecule has 2 rings (SSSR count). The highest BCUT2D eigenvalue weighted by Crippen LogP contribution is 2.25. The molecule has 2 aromatic rings. The van der Waals surface area contributed by atoms with Crippen LogP contribution in [0.25, 0.3) is 11.5 Å². The average molecular weight is 226 g/mol. The van der Waals surface area contributed by atoms with Crippen LogP contribution >= 0.6 is 11.6 Å². The highest BCUT2D eigenvalue weighted by atomic mass is 35.5. The lowest BCUT2D eigenvalue weighted by Crippen LogP contribution is -2.04. The molecule has 0 atom stereocenters. The fourth-order valence-corrected chi connectivity index (χ4v) is 1.56. The van der Waals surface area contributed by atoms with Crippen molar-refractivity contribution in [1.29, 1.82) is 0 Å². The van der Waals surface area contributed by atoms with Crippen LogP contribution in [-0.2, 0) is 7.05 Å². The van der Waals surface area contributed by atoms with E-state index in [2.05, 4.69) is 0 Å². The summed E-state index contributed by atoms with van der Waals surface area (Å²) >= 11 is 5.71. The van der Waals surface area contributed by atoms with Crippen LogP contribution in [0, 0.1) is 0 Å². The fraction of sp³-hybridized carbons (Fsp3) is 0.100. The minimum atomic E-state index is -0.971. The second-order valence-electron chi connectivity index (χ2n) is 3.10. The van der Waals surface area contributed by atoms with Gasteiger partial charge in [-0.3, -0.25) is 0 Å². The van der Waals surface area contributed by atoms with Crippen LogP contribution in [0.1, 0.15) is 10.5 Å². The molecule has 78 valence electrons. The van der Waals surface area contributed by atoms with Gasteiger partial charge in [-0.1, -0.05) is 11.6 Å². The monoisotopic (exact) mass is 225 g/mol. The van der Waals surface area contributed by atoms with E-state index < -0.39 is 5.97 Å². The zero-order valence-electron chi connectivity index (χ0n) is 7.90. The maximum absolute atomic E-state index is 10.8. The van der Waals surface area contributed by atoms with E-state index in [1.165, 1.54) is 16.9 Å². The molecule has 0 bridgehead atoms. The Balaban J connectivity index is 2.50. The SMILES string of the molecule is Cn1c(C(=O)O)ccc1-c1cc(Cl)co1. The summed E-state index contributed by atoms with van der Waals surface area (Å²) in [6.07, 6.45) is 1.41. The zero-order valence-corrected chi connectivity index (χ0v) is 8.65. The molecule has 2 aromatic heterocycles. The smallest absolute Gasteiger partial charge is 0.352 e. The van der Waals surface area contributed by atoms with Gasteiger partial charge in [0.2, 0.25) is 0 Å². The molecule has 2 heterocycles. The number of rotatable bonds is 2. The highest BCUT2D eigenvalue weighted by molar-refractivity contribution is 6.30. The first kappa shape index (κ1) is 9.86. The van der Waals surface area contributed by atoms with Gasteiger partial charge < -0.3 is 14.1 Å². The highest BCUT2D eigenvalue weighted by Gasteiger charge is 2.14. The van der Waals surface area contributed by atoms with Crippen LogP contribution in [0.4, 0.5) is 0 Å². The summed E-state index contributed by atoms with van der Waals surface area (Å²) in [4.78, 5) is 10.8. The molecule has 5 heteroatoms. The van der Waals surface area contributed by atoms with Crippen LogP contribution in [-0.4, -0.2) is 15.6 Å². The second kappa shape index (κ2) is 3.47. The third-order valence-electron chi connectivity index (χ3n) is 2.16. The molecule has 1 N–H and O–H groups in total. The lowest BCUT2D eigenvalue weighted by Gasteiger charge is -2.01. The molecule has 0 saturated heterocycles. The van der Waals surface area contributed by atoms with Gasteiger partial charge >= 0.3 is 5.97 Å². The first-order valence-corrected chi connectivity index (χ1v) is 4.61. The van der Waals surface area contributed by atoms with Gasteiger partial charge in [-0.15, -0.1) is 0 Å². The van der Waals surface area contributed by atoms with Gasteiger partial charge in [-0.25, -0.2) is 4.79 Å². The number of hydrogen-bond acceptors (Lipinski definition) is 2. The third-order valence-corrected chi connectivity index (χ3v) is 2.36. The van der Waals surface area contributed by atoms with Gasteiger partial charge in [0.25, 0.3) is 0 Å². The number of hydrogen-bond donors (Lipinski definition) is 1. The molecular weight excluding hydrogens is 218 g/mol. The number of aromatic nitrogens is 1. The van der Waals surface area contributed by atoms with Crippen molar-refractivity contribution in [3.05, 3.63) is 35.2 Å². The van der Waals surface area contributed by atoms with Crippen molar-refractivity contribution in [2.45, 2.75) is 0 Å². The predicted molar refractivity (Wildman–Crippen MR) is 55.1 cm³/mol. The van der Waals surface area contributed by atoms with E-state index >= 15 is 0 Å². The van der Waals surface area contributed by atoms with Crippen LogP contribution in [0.5, 0.6) is 0 Å². The van der Waals surface area contributed by atoms with E-state index in [1.54, 1.807) is 19.2 Å². The lowest BCUT2D eigenvalue weighted by molar-refractivity contribution is 0.0687. The standard InChI is InChI=1S/C10H8ClNO3/c1-12-7(2-3-8(12)10(13)14)9-4-6(11)5-15-9/h2-5H,1H3,(H,13,14). The van der Waals surface area contributed by atoms with Crippen molar-refractivity contribution >= 4 is 17.6 Å². The Morgan fingerprint density at radius 2 is 2.27 bits per heavy atom. The maximum atomic E-state index is 10.8. The number of carboxylic acids is 1. The number of carbonyl (C=O) groups is 1.